The van der Waals surface area contributed by atoms with Crippen LogP contribution in [0.5, 0.6) is 0 Å². The molecule has 29 heavy (non-hydrogen) atoms. The van der Waals surface area contributed by atoms with Gasteiger partial charge < -0.3 is 0 Å². The first-order valence-electron chi connectivity index (χ1n) is 9.57. The van der Waals surface area contributed by atoms with Crippen LogP contribution in [0.25, 0.3) is 16.5 Å². The van der Waals surface area contributed by atoms with Crippen LogP contribution in [0.1, 0.15) is 38.3 Å². The Bertz CT molecular complexity index is 1360. The molecular weight excluding hydrogens is 388 g/mol. The third-order valence-electron chi connectivity index (χ3n) is 5.84. The molecule has 1 aliphatic carbocycles. The molecule has 2 aromatic carbocycles. The Morgan fingerprint density at radius 2 is 1.62 bits per heavy atom. The van der Waals surface area contributed by atoms with Crippen molar-refractivity contribution in [3.8, 4) is 0 Å². The maximum absolute atomic E-state index is 13.5. The molecule has 0 amide bonds. The highest BCUT2D eigenvalue weighted by molar-refractivity contribution is 6.30. The van der Waals surface area contributed by atoms with Gasteiger partial charge in [-0.2, -0.15) is 0 Å². The van der Waals surface area contributed by atoms with E-state index in [9.17, 15) is 14.4 Å². The van der Waals surface area contributed by atoms with Crippen molar-refractivity contribution in [3.05, 3.63) is 85.4 Å². The van der Waals surface area contributed by atoms with Gasteiger partial charge in [-0.1, -0.05) is 49.7 Å². The topological polar surface area (TPSA) is 61.1 Å². The van der Waals surface area contributed by atoms with Gasteiger partial charge >= 0.3 is 0 Å². The van der Waals surface area contributed by atoms with E-state index in [1.54, 1.807) is 42.5 Å². The standard InChI is InChI=1S/C23H19ClN2O3/c1-23(2)11-17-19(18(27)12-23)20(13-6-5-7-14(24)10-13)26-22(29)16-9-4-3-8-15(16)21(28)25(17)26/h3-10,20H,11-12H2,1-2H3. The Hall–Kier alpha value is -2.92. The Labute approximate surface area is 171 Å². The average Bonchev–Trinajstić information content (AvgIpc) is 3.00. The molecule has 0 saturated heterocycles. The molecule has 1 aromatic heterocycles. The monoisotopic (exact) mass is 406 g/mol. The number of aromatic nitrogens is 2. The molecule has 5 nitrogen and oxygen atoms in total. The van der Waals surface area contributed by atoms with E-state index in [1.165, 1.54) is 9.36 Å². The van der Waals surface area contributed by atoms with Crippen LogP contribution in [0.2, 0.25) is 5.02 Å². The Morgan fingerprint density at radius 3 is 2.31 bits per heavy atom. The number of allylic oxidation sites excluding steroid dienone is 2. The minimum Gasteiger partial charge on any atom is -0.294 e. The predicted octanol–water partition coefficient (Wildman–Crippen LogP) is 4.02. The number of carbonyl (C=O) groups excluding carboxylic acids is 1. The lowest BCUT2D eigenvalue weighted by Crippen LogP contribution is -2.37. The fourth-order valence-electron chi connectivity index (χ4n) is 4.68. The van der Waals surface area contributed by atoms with E-state index >= 15 is 0 Å². The SMILES string of the molecule is CC1(C)CC(=O)C2=C(C1)n1c(=O)c3ccccc3c(=O)n1C2c1cccc(Cl)c1. The number of hydrogen-bond donors (Lipinski definition) is 0. The van der Waals surface area contributed by atoms with Gasteiger partial charge in [0.05, 0.1) is 16.5 Å². The lowest BCUT2D eigenvalue weighted by atomic mass is 9.74. The van der Waals surface area contributed by atoms with E-state index in [1.807, 2.05) is 19.9 Å². The van der Waals surface area contributed by atoms with E-state index in [0.717, 1.165) is 5.56 Å². The van der Waals surface area contributed by atoms with Crippen molar-refractivity contribution in [2.75, 3.05) is 0 Å². The fourth-order valence-corrected chi connectivity index (χ4v) is 4.87. The molecule has 0 fully saturated rings. The van der Waals surface area contributed by atoms with Crippen LogP contribution >= 0.6 is 11.6 Å². The lowest BCUT2D eigenvalue weighted by molar-refractivity contribution is -0.118. The predicted molar refractivity (Wildman–Crippen MR) is 113 cm³/mol. The van der Waals surface area contributed by atoms with Crippen LogP contribution < -0.4 is 11.1 Å². The van der Waals surface area contributed by atoms with Crippen molar-refractivity contribution in [1.29, 1.82) is 0 Å². The third kappa shape index (κ3) is 2.57. The minimum absolute atomic E-state index is 0.0275. The molecule has 0 N–H and O–H groups in total. The summed E-state index contributed by atoms with van der Waals surface area (Å²) >= 11 is 6.22. The third-order valence-corrected chi connectivity index (χ3v) is 6.07. The highest BCUT2D eigenvalue weighted by Gasteiger charge is 2.44. The normalized spacial score (nSPS) is 20.1. The molecule has 6 heteroatoms. The number of ketones is 1. The van der Waals surface area contributed by atoms with Gasteiger partial charge in [0.1, 0.15) is 6.04 Å². The highest BCUT2D eigenvalue weighted by Crippen LogP contribution is 2.46. The minimum atomic E-state index is -0.655. The second-order valence-corrected chi connectivity index (χ2v) is 9.01. The van der Waals surface area contributed by atoms with Crippen LogP contribution in [0.15, 0.2) is 63.7 Å². The van der Waals surface area contributed by atoms with Gasteiger partial charge in [-0.25, -0.2) is 9.36 Å². The molecule has 1 atom stereocenters. The maximum atomic E-state index is 13.5. The summed E-state index contributed by atoms with van der Waals surface area (Å²) in [6, 6.07) is 13.3. The van der Waals surface area contributed by atoms with Crippen LogP contribution in [0.3, 0.4) is 0 Å². The van der Waals surface area contributed by atoms with Gasteiger partial charge in [0.25, 0.3) is 11.1 Å². The van der Waals surface area contributed by atoms with Gasteiger partial charge in [-0.05, 0) is 41.7 Å². The van der Waals surface area contributed by atoms with Crippen LogP contribution in [-0.4, -0.2) is 15.1 Å². The zero-order chi connectivity index (χ0) is 20.5. The Kier molecular flexibility index (Phi) is 3.77. The van der Waals surface area contributed by atoms with Gasteiger partial charge in [0, 0.05) is 17.0 Å². The molecule has 1 aliphatic heterocycles. The summed E-state index contributed by atoms with van der Waals surface area (Å²) in [4.78, 5) is 40.1. The molecule has 3 aromatic rings. The first-order valence-corrected chi connectivity index (χ1v) is 9.95. The molecule has 0 bridgehead atoms. The molecule has 0 radical (unpaired) electrons. The van der Waals surface area contributed by atoms with Crippen molar-refractivity contribution >= 4 is 33.9 Å². The smallest absolute Gasteiger partial charge is 0.277 e. The summed E-state index contributed by atoms with van der Waals surface area (Å²) in [5, 5.41) is 1.23. The van der Waals surface area contributed by atoms with Crippen LogP contribution in [0.4, 0.5) is 0 Å². The van der Waals surface area contributed by atoms with Gasteiger partial charge in [-0.3, -0.25) is 14.4 Å². The van der Waals surface area contributed by atoms with Crippen LogP contribution in [-0.2, 0) is 4.79 Å². The van der Waals surface area contributed by atoms with E-state index < -0.39 is 6.04 Å². The maximum Gasteiger partial charge on any atom is 0.277 e. The zero-order valence-corrected chi connectivity index (χ0v) is 16.9. The van der Waals surface area contributed by atoms with Gasteiger partial charge in [0.2, 0.25) is 0 Å². The molecule has 5 rings (SSSR count). The van der Waals surface area contributed by atoms with Crippen molar-refractivity contribution in [2.45, 2.75) is 32.7 Å². The Balaban J connectivity index is 1.94. The largest absolute Gasteiger partial charge is 0.294 e. The first-order chi connectivity index (χ1) is 13.8. The first kappa shape index (κ1) is 18.1. The van der Waals surface area contributed by atoms with E-state index in [4.69, 9.17) is 11.6 Å². The number of carbonyl (C=O) groups is 1. The summed E-state index contributed by atoms with van der Waals surface area (Å²) in [7, 11) is 0. The molecule has 0 spiro atoms. The number of benzene rings is 2. The molecule has 146 valence electrons. The van der Waals surface area contributed by atoms with E-state index in [-0.39, 0.29) is 22.3 Å². The molecule has 2 aliphatic rings. The number of halogens is 1. The van der Waals surface area contributed by atoms with Crippen molar-refractivity contribution in [2.24, 2.45) is 5.41 Å². The van der Waals surface area contributed by atoms with E-state index in [2.05, 4.69) is 0 Å². The summed E-state index contributed by atoms with van der Waals surface area (Å²) in [6.45, 7) is 4.02. The summed E-state index contributed by atoms with van der Waals surface area (Å²) in [5.41, 5.74) is 1.03. The number of fused-ring (bicyclic) bond motifs is 3. The number of hydrogen-bond acceptors (Lipinski definition) is 3. The summed E-state index contributed by atoms with van der Waals surface area (Å²) in [6.07, 6.45) is 0.919. The second-order valence-electron chi connectivity index (χ2n) is 8.57. The van der Waals surface area contributed by atoms with Crippen molar-refractivity contribution in [1.82, 2.24) is 9.36 Å². The van der Waals surface area contributed by atoms with E-state index in [0.29, 0.717) is 39.9 Å². The van der Waals surface area contributed by atoms with Crippen LogP contribution in [0, 0.1) is 5.41 Å². The quantitative estimate of drug-likeness (QED) is 0.613. The van der Waals surface area contributed by atoms with Gasteiger partial charge in [0.15, 0.2) is 5.78 Å². The van der Waals surface area contributed by atoms with Crippen molar-refractivity contribution in [3.63, 3.8) is 0 Å². The van der Waals surface area contributed by atoms with Gasteiger partial charge in [-0.15, -0.1) is 0 Å². The fraction of sp³-hybridized carbons (Fsp3) is 0.261. The Morgan fingerprint density at radius 1 is 0.931 bits per heavy atom. The molecule has 2 heterocycles. The van der Waals surface area contributed by atoms with Crippen molar-refractivity contribution < 1.29 is 4.79 Å². The zero-order valence-electron chi connectivity index (χ0n) is 16.1. The molecular formula is C23H19ClN2O3. The molecule has 1 unspecified atom stereocenters. The summed E-state index contributed by atoms with van der Waals surface area (Å²) < 4.78 is 2.88. The number of rotatable bonds is 1. The average molecular weight is 407 g/mol. The molecule has 0 saturated carbocycles. The lowest BCUT2D eigenvalue weighted by Gasteiger charge is -2.30. The summed E-state index contributed by atoms with van der Waals surface area (Å²) in [5.74, 6) is -0.0275. The number of Topliss-reactive ketones (excluding diaryl/α,β-unsaturated/α-hetero) is 1. The second kappa shape index (κ2) is 6.04. The highest BCUT2D eigenvalue weighted by atomic mass is 35.5. The number of nitrogens with zero attached hydrogens (tertiary/aromatic N) is 2.